The third kappa shape index (κ3) is 1.75. The number of hydrogen-bond donors (Lipinski definition) is 1. The Hall–Kier alpha value is -0.970. The molecule has 3 aliphatic rings. The summed E-state index contributed by atoms with van der Waals surface area (Å²) >= 11 is 3.01. The van der Waals surface area contributed by atoms with Crippen molar-refractivity contribution < 1.29 is 13.6 Å². The summed E-state index contributed by atoms with van der Waals surface area (Å²) in [6.45, 7) is 0. The predicted octanol–water partition coefficient (Wildman–Crippen LogP) is 3.50. The second-order valence-electron chi connectivity index (χ2n) is 6.23. The zero-order valence-corrected chi connectivity index (χ0v) is 12.3. The summed E-state index contributed by atoms with van der Waals surface area (Å²) in [5, 5.41) is 2.84. The molecule has 2 bridgehead atoms. The van der Waals surface area contributed by atoms with Crippen LogP contribution in [-0.4, -0.2) is 11.9 Å². The van der Waals surface area contributed by atoms with Crippen LogP contribution in [0.4, 0.5) is 8.78 Å². The Morgan fingerprint density at radius 1 is 1.15 bits per heavy atom. The van der Waals surface area contributed by atoms with Gasteiger partial charge in [0.25, 0.3) is 5.91 Å². The molecule has 1 aromatic rings. The van der Waals surface area contributed by atoms with Crippen LogP contribution in [0.15, 0.2) is 16.6 Å². The van der Waals surface area contributed by atoms with E-state index < -0.39 is 23.1 Å². The molecule has 3 fully saturated rings. The van der Waals surface area contributed by atoms with Gasteiger partial charge in [0.05, 0.1) is 0 Å². The molecule has 5 heteroatoms. The Bertz CT molecular complexity index is 567. The molecule has 1 N–H and O–H groups in total. The zero-order chi connectivity index (χ0) is 14.0. The monoisotopic (exact) mass is 341 g/mol. The maximum absolute atomic E-state index is 13.8. The highest BCUT2D eigenvalue weighted by molar-refractivity contribution is 9.10. The first-order valence-corrected chi connectivity index (χ1v) is 7.81. The van der Waals surface area contributed by atoms with Gasteiger partial charge in [0, 0.05) is 10.5 Å². The van der Waals surface area contributed by atoms with Crippen LogP contribution in [0, 0.1) is 35.3 Å². The lowest BCUT2D eigenvalue weighted by Gasteiger charge is -2.11. The van der Waals surface area contributed by atoms with Crippen molar-refractivity contribution >= 4 is 21.8 Å². The van der Waals surface area contributed by atoms with Crippen LogP contribution in [0.1, 0.15) is 29.6 Å². The molecule has 0 heterocycles. The van der Waals surface area contributed by atoms with Crippen molar-refractivity contribution in [3.05, 3.63) is 33.8 Å². The summed E-state index contributed by atoms with van der Waals surface area (Å²) in [5.41, 5.74) is -0.467. The highest BCUT2D eigenvalue weighted by atomic mass is 79.9. The molecule has 0 radical (unpaired) electrons. The Morgan fingerprint density at radius 2 is 1.70 bits per heavy atom. The number of carbonyl (C=O) groups is 1. The van der Waals surface area contributed by atoms with Crippen LogP contribution >= 0.6 is 15.9 Å². The quantitative estimate of drug-likeness (QED) is 0.876. The van der Waals surface area contributed by atoms with E-state index in [0.29, 0.717) is 16.3 Å². The van der Waals surface area contributed by atoms with Gasteiger partial charge in [-0.05, 0) is 55.1 Å². The average Bonchev–Trinajstić information content (AvgIpc) is 2.77. The van der Waals surface area contributed by atoms with Crippen LogP contribution in [0.3, 0.4) is 0 Å². The number of amides is 1. The van der Waals surface area contributed by atoms with E-state index in [0.717, 1.165) is 24.0 Å². The molecule has 2 nitrogen and oxygen atoms in total. The van der Waals surface area contributed by atoms with Gasteiger partial charge in [-0.1, -0.05) is 15.9 Å². The van der Waals surface area contributed by atoms with Gasteiger partial charge in [0.15, 0.2) is 0 Å². The minimum atomic E-state index is -0.817. The first kappa shape index (κ1) is 12.7. The van der Waals surface area contributed by atoms with Gasteiger partial charge < -0.3 is 5.32 Å². The standard InChI is InChI=1S/C15H14BrF2NO/c16-8-4-9(17)13(10(18)5-8)15(20)19-14-11-6-1-2-7(3-6)12(11)14/h4-7,11-12,14H,1-3H2,(H,19,20). The van der Waals surface area contributed by atoms with E-state index in [2.05, 4.69) is 21.2 Å². The first-order chi connectivity index (χ1) is 9.56. The molecule has 4 atom stereocenters. The van der Waals surface area contributed by atoms with Crippen LogP contribution in [0.25, 0.3) is 0 Å². The number of nitrogens with one attached hydrogen (secondary N) is 1. The number of halogens is 3. The Kier molecular flexibility index (Phi) is 2.72. The van der Waals surface area contributed by atoms with Gasteiger partial charge in [0.2, 0.25) is 0 Å². The number of fused-ring (bicyclic) bond motifs is 5. The second kappa shape index (κ2) is 4.26. The van der Waals surface area contributed by atoms with Crippen LogP contribution in [-0.2, 0) is 0 Å². The normalized spacial score (nSPS) is 36.9. The third-order valence-electron chi connectivity index (χ3n) is 5.27. The van der Waals surface area contributed by atoms with Gasteiger partial charge in [0.1, 0.15) is 17.2 Å². The van der Waals surface area contributed by atoms with Crippen LogP contribution in [0.5, 0.6) is 0 Å². The van der Waals surface area contributed by atoms with E-state index in [1.807, 2.05) is 0 Å². The van der Waals surface area contributed by atoms with Crippen molar-refractivity contribution in [3.63, 3.8) is 0 Å². The first-order valence-electron chi connectivity index (χ1n) is 7.01. The van der Waals surface area contributed by atoms with Crippen LogP contribution in [0.2, 0.25) is 0 Å². The second-order valence-corrected chi connectivity index (χ2v) is 7.15. The smallest absolute Gasteiger partial charge is 0.257 e. The Balaban J connectivity index is 1.52. The maximum atomic E-state index is 13.8. The van der Waals surface area contributed by atoms with Crippen molar-refractivity contribution in [1.82, 2.24) is 5.32 Å². The summed E-state index contributed by atoms with van der Waals surface area (Å²) in [6, 6.07) is 2.38. The lowest BCUT2D eigenvalue weighted by atomic mass is 10.0. The molecule has 0 spiro atoms. The van der Waals surface area contributed by atoms with Crippen molar-refractivity contribution in [1.29, 1.82) is 0 Å². The molecule has 1 aromatic carbocycles. The molecule has 3 aliphatic carbocycles. The maximum Gasteiger partial charge on any atom is 0.257 e. The number of carbonyl (C=O) groups excluding carboxylic acids is 1. The largest absolute Gasteiger partial charge is 0.349 e. The summed E-state index contributed by atoms with van der Waals surface area (Å²) in [6.07, 6.45) is 3.78. The van der Waals surface area contributed by atoms with Crippen molar-refractivity contribution in [2.24, 2.45) is 23.7 Å². The lowest BCUT2D eigenvalue weighted by molar-refractivity contribution is 0.0935. The highest BCUT2D eigenvalue weighted by Crippen LogP contribution is 2.65. The molecular weight excluding hydrogens is 328 g/mol. The lowest BCUT2D eigenvalue weighted by Crippen LogP contribution is -2.31. The summed E-state index contributed by atoms with van der Waals surface area (Å²) in [5.74, 6) is 0.293. The fourth-order valence-electron chi connectivity index (χ4n) is 4.50. The van der Waals surface area contributed by atoms with Crippen molar-refractivity contribution in [2.45, 2.75) is 25.3 Å². The van der Waals surface area contributed by atoms with Gasteiger partial charge in [-0.25, -0.2) is 8.78 Å². The molecule has 0 saturated heterocycles. The minimum Gasteiger partial charge on any atom is -0.349 e. The summed E-state index contributed by atoms with van der Waals surface area (Å²) < 4.78 is 27.8. The average molecular weight is 342 g/mol. The van der Waals surface area contributed by atoms with E-state index >= 15 is 0 Å². The molecule has 4 rings (SSSR count). The Morgan fingerprint density at radius 3 is 2.25 bits per heavy atom. The highest BCUT2D eigenvalue weighted by Gasteiger charge is 2.65. The molecular formula is C15H14BrF2NO. The zero-order valence-electron chi connectivity index (χ0n) is 10.7. The number of hydrogen-bond acceptors (Lipinski definition) is 1. The molecule has 106 valence electrons. The van der Waals surface area contributed by atoms with E-state index in [1.165, 1.54) is 19.3 Å². The topological polar surface area (TPSA) is 29.1 Å². The van der Waals surface area contributed by atoms with Gasteiger partial charge in [-0.15, -0.1) is 0 Å². The molecule has 0 aromatic heterocycles. The van der Waals surface area contributed by atoms with E-state index in [4.69, 9.17) is 0 Å². The minimum absolute atomic E-state index is 0.135. The Labute approximate surface area is 124 Å². The molecule has 0 aliphatic heterocycles. The van der Waals surface area contributed by atoms with E-state index in [1.54, 1.807) is 0 Å². The van der Waals surface area contributed by atoms with Gasteiger partial charge >= 0.3 is 0 Å². The summed E-state index contributed by atoms with van der Waals surface area (Å²) in [7, 11) is 0. The fraction of sp³-hybridized carbons (Fsp3) is 0.533. The molecule has 1 amide bonds. The van der Waals surface area contributed by atoms with Crippen molar-refractivity contribution in [2.75, 3.05) is 0 Å². The van der Waals surface area contributed by atoms with E-state index in [-0.39, 0.29) is 6.04 Å². The molecule has 20 heavy (non-hydrogen) atoms. The number of benzene rings is 1. The van der Waals surface area contributed by atoms with Gasteiger partial charge in [-0.2, -0.15) is 0 Å². The van der Waals surface area contributed by atoms with Gasteiger partial charge in [-0.3, -0.25) is 4.79 Å². The molecule has 3 saturated carbocycles. The number of rotatable bonds is 2. The van der Waals surface area contributed by atoms with Crippen LogP contribution < -0.4 is 5.32 Å². The fourth-order valence-corrected chi connectivity index (χ4v) is 4.90. The summed E-state index contributed by atoms with van der Waals surface area (Å²) in [4.78, 5) is 12.1. The van der Waals surface area contributed by atoms with E-state index in [9.17, 15) is 13.6 Å². The SMILES string of the molecule is O=C(NC1C2C3CCC(C3)C12)c1c(F)cc(Br)cc1F. The van der Waals surface area contributed by atoms with Crippen molar-refractivity contribution in [3.8, 4) is 0 Å². The predicted molar refractivity (Wildman–Crippen MR) is 73.1 cm³/mol. The third-order valence-corrected chi connectivity index (χ3v) is 5.72. The molecule has 4 unspecified atom stereocenters.